The predicted molar refractivity (Wildman–Crippen MR) is 75.8 cm³/mol. The normalized spacial score (nSPS) is 27.9. The third kappa shape index (κ3) is 2.48. The van der Waals surface area contributed by atoms with Crippen LogP contribution in [0.25, 0.3) is 0 Å². The van der Waals surface area contributed by atoms with Crippen LogP contribution >= 0.6 is 0 Å². The first kappa shape index (κ1) is 13.3. The number of halogens is 1. The predicted octanol–water partition coefficient (Wildman–Crippen LogP) is 3.54. The highest BCUT2D eigenvalue weighted by Crippen LogP contribution is 2.41. The van der Waals surface area contributed by atoms with E-state index >= 15 is 0 Å². The lowest BCUT2D eigenvalue weighted by atomic mass is 9.83. The SMILES string of the molecule is CC1(F)C=C(C2=CCCC2)C(C(O)c2ncc[nH]2)=CC1. The van der Waals surface area contributed by atoms with Crippen LogP contribution in [-0.4, -0.2) is 20.7 Å². The number of rotatable bonds is 3. The van der Waals surface area contributed by atoms with Gasteiger partial charge in [-0.25, -0.2) is 9.37 Å². The Kier molecular flexibility index (Phi) is 3.34. The molecule has 3 rings (SSSR count). The number of imidazole rings is 1. The van der Waals surface area contributed by atoms with E-state index in [1.54, 1.807) is 25.4 Å². The van der Waals surface area contributed by atoms with Crippen LogP contribution in [0, 0.1) is 0 Å². The number of aliphatic hydroxyl groups is 1. The minimum Gasteiger partial charge on any atom is -0.380 e. The van der Waals surface area contributed by atoms with Crippen LogP contribution in [0.2, 0.25) is 0 Å². The Hall–Kier alpha value is -1.68. The lowest BCUT2D eigenvalue weighted by Crippen LogP contribution is -2.21. The molecule has 1 heterocycles. The summed E-state index contributed by atoms with van der Waals surface area (Å²) in [5.74, 6) is 0.503. The number of aromatic nitrogens is 2. The van der Waals surface area contributed by atoms with Gasteiger partial charge in [-0.1, -0.05) is 12.2 Å². The summed E-state index contributed by atoms with van der Waals surface area (Å²) in [4.78, 5) is 7.03. The molecule has 2 aliphatic carbocycles. The summed E-state index contributed by atoms with van der Waals surface area (Å²) in [5.41, 5.74) is 1.42. The lowest BCUT2D eigenvalue weighted by molar-refractivity contribution is 0.202. The van der Waals surface area contributed by atoms with Gasteiger partial charge in [-0.05, 0) is 49.0 Å². The van der Waals surface area contributed by atoms with Crippen molar-refractivity contribution in [2.24, 2.45) is 0 Å². The highest BCUT2D eigenvalue weighted by molar-refractivity contribution is 5.53. The molecule has 2 atom stereocenters. The fourth-order valence-electron chi connectivity index (χ4n) is 2.89. The zero-order chi connectivity index (χ0) is 14.2. The number of nitrogens with zero attached hydrogens (tertiary/aromatic N) is 1. The van der Waals surface area contributed by atoms with Crippen molar-refractivity contribution < 1.29 is 9.50 Å². The summed E-state index contributed by atoms with van der Waals surface area (Å²) >= 11 is 0. The summed E-state index contributed by atoms with van der Waals surface area (Å²) in [6.45, 7) is 1.58. The van der Waals surface area contributed by atoms with Gasteiger partial charge in [-0.2, -0.15) is 0 Å². The van der Waals surface area contributed by atoms with Crippen LogP contribution in [0.3, 0.4) is 0 Å². The van der Waals surface area contributed by atoms with E-state index in [0.717, 1.165) is 36.0 Å². The van der Waals surface area contributed by atoms with Crippen LogP contribution < -0.4 is 0 Å². The number of hydrogen-bond acceptors (Lipinski definition) is 2. The number of allylic oxidation sites excluding steroid dienone is 4. The molecular weight excluding hydrogens is 255 g/mol. The molecule has 1 aromatic rings. The number of aliphatic hydroxyl groups excluding tert-OH is 1. The van der Waals surface area contributed by atoms with E-state index in [2.05, 4.69) is 16.0 Å². The second-order valence-corrected chi connectivity index (χ2v) is 5.70. The van der Waals surface area contributed by atoms with E-state index in [0.29, 0.717) is 5.82 Å². The molecule has 0 fully saturated rings. The second kappa shape index (κ2) is 5.02. The number of hydrogen-bond donors (Lipinski definition) is 2. The first-order valence-corrected chi connectivity index (χ1v) is 7.06. The van der Waals surface area contributed by atoms with Crippen molar-refractivity contribution in [3.8, 4) is 0 Å². The number of H-pyrrole nitrogens is 1. The molecule has 3 nitrogen and oxygen atoms in total. The Balaban J connectivity index is 1.96. The summed E-state index contributed by atoms with van der Waals surface area (Å²) in [7, 11) is 0. The summed E-state index contributed by atoms with van der Waals surface area (Å²) in [6.07, 6.45) is 11.4. The molecule has 0 bridgehead atoms. The van der Waals surface area contributed by atoms with E-state index in [-0.39, 0.29) is 6.42 Å². The molecule has 2 unspecified atom stereocenters. The Morgan fingerprint density at radius 2 is 2.30 bits per heavy atom. The van der Waals surface area contributed by atoms with Gasteiger partial charge in [0.25, 0.3) is 0 Å². The molecule has 2 N–H and O–H groups in total. The van der Waals surface area contributed by atoms with Crippen LogP contribution in [0.5, 0.6) is 0 Å². The van der Waals surface area contributed by atoms with Crippen molar-refractivity contribution in [2.75, 3.05) is 0 Å². The van der Waals surface area contributed by atoms with Crippen molar-refractivity contribution in [3.63, 3.8) is 0 Å². The summed E-state index contributed by atoms with van der Waals surface area (Å²) in [5, 5.41) is 10.5. The number of aromatic amines is 1. The molecule has 106 valence electrons. The maximum atomic E-state index is 14.3. The van der Waals surface area contributed by atoms with Crippen LogP contribution in [0.15, 0.2) is 47.3 Å². The largest absolute Gasteiger partial charge is 0.380 e. The first-order valence-electron chi connectivity index (χ1n) is 7.06. The van der Waals surface area contributed by atoms with E-state index in [4.69, 9.17) is 0 Å². The van der Waals surface area contributed by atoms with Gasteiger partial charge in [0.15, 0.2) is 0 Å². The molecule has 4 heteroatoms. The third-order valence-corrected chi connectivity index (χ3v) is 3.94. The van der Waals surface area contributed by atoms with Crippen molar-refractivity contribution in [2.45, 2.75) is 44.4 Å². The van der Waals surface area contributed by atoms with Crippen molar-refractivity contribution in [1.29, 1.82) is 0 Å². The minimum atomic E-state index is -1.34. The third-order valence-electron chi connectivity index (χ3n) is 3.94. The fraction of sp³-hybridized carbons (Fsp3) is 0.438. The fourth-order valence-corrected chi connectivity index (χ4v) is 2.89. The van der Waals surface area contributed by atoms with E-state index in [1.807, 2.05) is 6.08 Å². The molecule has 1 aromatic heterocycles. The van der Waals surface area contributed by atoms with E-state index < -0.39 is 11.8 Å². The van der Waals surface area contributed by atoms with Crippen LogP contribution in [-0.2, 0) is 0 Å². The van der Waals surface area contributed by atoms with E-state index in [1.165, 1.54) is 0 Å². The monoisotopic (exact) mass is 274 g/mol. The summed E-state index contributed by atoms with van der Waals surface area (Å²) < 4.78 is 14.3. The van der Waals surface area contributed by atoms with Gasteiger partial charge in [0, 0.05) is 18.8 Å². The zero-order valence-corrected chi connectivity index (χ0v) is 11.6. The van der Waals surface area contributed by atoms with Gasteiger partial charge in [-0.15, -0.1) is 0 Å². The molecule has 0 aliphatic heterocycles. The maximum Gasteiger partial charge on any atom is 0.139 e. The number of alkyl halides is 1. The molecule has 20 heavy (non-hydrogen) atoms. The highest BCUT2D eigenvalue weighted by Gasteiger charge is 2.31. The molecule has 0 amide bonds. The average molecular weight is 274 g/mol. The zero-order valence-electron chi connectivity index (χ0n) is 11.6. The molecule has 2 aliphatic rings. The number of nitrogens with one attached hydrogen (secondary N) is 1. The Bertz CT molecular complexity index is 582. The quantitative estimate of drug-likeness (QED) is 0.885. The average Bonchev–Trinajstić information content (AvgIpc) is 3.10. The van der Waals surface area contributed by atoms with Crippen LogP contribution in [0.1, 0.15) is 44.5 Å². The molecule has 0 saturated heterocycles. The Morgan fingerprint density at radius 3 is 2.95 bits per heavy atom. The smallest absolute Gasteiger partial charge is 0.139 e. The van der Waals surface area contributed by atoms with Crippen LogP contribution in [0.4, 0.5) is 4.39 Å². The van der Waals surface area contributed by atoms with Crippen molar-refractivity contribution in [3.05, 3.63) is 53.2 Å². The molecule has 0 radical (unpaired) electrons. The van der Waals surface area contributed by atoms with Gasteiger partial charge in [0.1, 0.15) is 17.6 Å². The van der Waals surface area contributed by atoms with Crippen molar-refractivity contribution >= 4 is 0 Å². The summed E-state index contributed by atoms with van der Waals surface area (Å²) in [6, 6.07) is 0. The molecular formula is C16H19FN2O. The Morgan fingerprint density at radius 1 is 1.45 bits per heavy atom. The van der Waals surface area contributed by atoms with E-state index in [9.17, 15) is 9.50 Å². The molecule has 0 spiro atoms. The standard InChI is InChI=1S/C16H19FN2O/c1-16(17)7-6-12(14(20)15-18-8-9-19-15)13(10-16)11-4-2-3-5-11/h4,6,8-10,14,20H,2-3,5,7H2,1H3,(H,18,19). The second-order valence-electron chi connectivity index (χ2n) is 5.70. The first-order chi connectivity index (χ1) is 9.57. The van der Waals surface area contributed by atoms with Gasteiger partial charge in [0.05, 0.1) is 0 Å². The van der Waals surface area contributed by atoms with Gasteiger partial charge < -0.3 is 10.1 Å². The van der Waals surface area contributed by atoms with Crippen molar-refractivity contribution in [1.82, 2.24) is 9.97 Å². The highest BCUT2D eigenvalue weighted by atomic mass is 19.1. The van der Waals surface area contributed by atoms with Gasteiger partial charge in [0.2, 0.25) is 0 Å². The topological polar surface area (TPSA) is 48.9 Å². The lowest BCUT2D eigenvalue weighted by Gasteiger charge is -2.27. The maximum absolute atomic E-state index is 14.3. The van der Waals surface area contributed by atoms with Gasteiger partial charge >= 0.3 is 0 Å². The Labute approximate surface area is 117 Å². The minimum absolute atomic E-state index is 0.289. The molecule has 0 aromatic carbocycles. The van der Waals surface area contributed by atoms with Gasteiger partial charge in [-0.3, -0.25) is 0 Å². The molecule has 0 saturated carbocycles.